The van der Waals surface area contributed by atoms with Crippen LogP contribution in [0.25, 0.3) is 43.6 Å². The molecule has 99 heavy (non-hydrogen) atoms. The van der Waals surface area contributed by atoms with E-state index in [9.17, 15) is 31.2 Å². The summed E-state index contributed by atoms with van der Waals surface area (Å²) in [6.45, 7) is 13.8. The molecule has 9 aromatic rings. The number of hydrogen-bond acceptors (Lipinski definition) is 12. The number of nitrogens with zero attached hydrogens (tertiary/aromatic N) is 5. The SMILES string of the molecule is CC(=O)N1CCC(CN)(c2c[nH]c3ccccc23)CC1.CC(=O)N1CCC(c2c[nH]c3ccccc23)CC1CN.CC(=O)N1CCC2(CC1)CNc1ccccc12.CS(=O)(=O)N1CCC(CN)(c2c[nH]c3ccccc23)CC1.CS(=O)(=O)N1CCC(c2c[nH]c3ccccc23)CC1CN. The summed E-state index contributed by atoms with van der Waals surface area (Å²) < 4.78 is 50.1. The first kappa shape index (κ1) is 72.4. The van der Waals surface area contributed by atoms with Crippen molar-refractivity contribution >= 4 is 87.1 Å². The lowest BCUT2D eigenvalue weighted by Crippen LogP contribution is -2.48. The van der Waals surface area contributed by atoms with Gasteiger partial charge >= 0.3 is 0 Å². The minimum Gasteiger partial charge on any atom is -0.384 e. The summed E-state index contributed by atoms with van der Waals surface area (Å²) in [5, 5.41) is 8.47. The van der Waals surface area contributed by atoms with Crippen LogP contribution in [0.1, 0.15) is 125 Å². The van der Waals surface area contributed by atoms with Crippen LogP contribution < -0.4 is 28.3 Å². The maximum atomic E-state index is 11.8. The predicted molar refractivity (Wildman–Crippen MR) is 398 cm³/mol. The number of nitrogens with one attached hydrogen (secondary N) is 5. The molecule has 23 heteroatoms. The molecule has 4 aromatic heterocycles. The number of H-pyrrole nitrogens is 4. The van der Waals surface area contributed by atoms with E-state index in [4.69, 9.17) is 22.9 Å². The molecule has 5 saturated heterocycles. The number of carbonyl (C=O) groups is 3. The predicted octanol–water partition coefficient (Wildman–Crippen LogP) is 9.27. The molecule has 1 spiro atoms. The maximum Gasteiger partial charge on any atom is 0.219 e. The number of benzene rings is 5. The van der Waals surface area contributed by atoms with Crippen LogP contribution in [0.5, 0.6) is 0 Å². The number of sulfonamides is 2. The molecule has 13 N–H and O–H groups in total. The lowest BCUT2D eigenvalue weighted by Gasteiger charge is -2.41. The molecule has 6 aliphatic rings. The van der Waals surface area contributed by atoms with Gasteiger partial charge in [0.05, 0.1) is 12.5 Å². The van der Waals surface area contributed by atoms with E-state index in [0.717, 1.165) is 120 Å². The summed E-state index contributed by atoms with van der Waals surface area (Å²) in [6.07, 6.45) is 20.0. The third-order valence-corrected chi connectivity index (χ3v) is 25.2. The molecule has 5 fully saturated rings. The zero-order chi connectivity index (χ0) is 70.3. The van der Waals surface area contributed by atoms with Crippen LogP contribution in [0.15, 0.2) is 146 Å². The summed E-state index contributed by atoms with van der Waals surface area (Å²) in [7, 11) is -6.29. The minimum atomic E-state index is -3.18. The van der Waals surface area contributed by atoms with Crippen molar-refractivity contribution in [1.82, 2.24) is 43.2 Å². The van der Waals surface area contributed by atoms with Gasteiger partial charge in [-0.2, -0.15) is 4.31 Å². The number of nitrogens with two attached hydrogens (primary N) is 4. The van der Waals surface area contributed by atoms with Gasteiger partial charge in [0.2, 0.25) is 37.8 Å². The quantitative estimate of drug-likeness (QED) is 0.0619. The number of carbonyl (C=O) groups excluding carboxylic acids is 3. The zero-order valence-corrected chi connectivity index (χ0v) is 59.8. The molecule has 0 aliphatic carbocycles. The first-order chi connectivity index (χ1) is 47.5. The van der Waals surface area contributed by atoms with E-state index >= 15 is 0 Å². The average molecular weight is 1390 g/mol. The summed E-state index contributed by atoms with van der Waals surface area (Å²) in [5.41, 5.74) is 36.5. The van der Waals surface area contributed by atoms with Crippen molar-refractivity contribution in [3.63, 3.8) is 0 Å². The lowest BCUT2D eigenvalue weighted by molar-refractivity contribution is -0.132. The largest absolute Gasteiger partial charge is 0.384 e. The highest BCUT2D eigenvalue weighted by molar-refractivity contribution is 7.88. The Bertz CT molecular complexity index is 4480. The van der Waals surface area contributed by atoms with Gasteiger partial charge in [-0.3, -0.25) is 14.4 Å². The van der Waals surface area contributed by atoms with Gasteiger partial charge in [0.1, 0.15) is 0 Å². The minimum absolute atomic E-state index is 0.00838. The summed E-state index contributed by atoms with van der Waals surface area (Å²) >= 11 is 0. The number of piperidine rings is 5. The van der Waals surface area contributed by atoms with Gasteiger partial charge in [0.25, 0.3) is 0 Å². The van der Waals surface area contributed by atoms with Crippen LogP contribution in [0, 0.1) is 0 Å². The van der Waals surface area contributed by atoms with Crippen LogP contribution in [0.2, 0.25) is 0 Å². The second-order valence-electron chi connectivity index (χ2n) is 28.2. The lowest BCUT2D eigenvalue weighted by atomic mass is 9.72. The third-order valence-electron chi connectivity index (χ3n) is 22.6. The topological polar surface area (TPSA) is 315 Å². The van der Waals surface area contributed by atoms with Gasteiger partial charge in [-0.25, -0.2) is 21.1 Å². The van der Waals surface area contributed by atoms with E-state index in [1.54, 1.807) is 29.4 Å². The number of hydrogen-bond donors (Lipinski definition) is 9. The third kappa shape index (κ3) is 15.7. The summed E-state index contributed by atoms with van der Waals surface area (Å²) in [5.74, 6) is 1.34. The van der Waals surface area contributed by atoms with Crippen LogP contribution >= 0.6 is 0 Å². The Kier molecular flexibility index (Phi) is 22.6. The van der Waals surface area contributed by atoms with Crippen molar-refractivity contribution in [2.24, 2.45) is 22.9 Å². The van der Waals surface area contributed by atoms with E-state index < -0.39 is 20.0 Å². The van der Waals surface area contributed by atoms with Crippen molar-refractivity contribution in [2.45, 2.75) is 125 Å². The Balaban J connectivity index is 0.000000125. The molecule has 0 radical (unpaired) electrons. The van der Waals surface area contributed by atoms with Crippen molar-refractivity contribution in [2.75, 3.05) is 103 Å². The number of anilines is 1. The highest BCUT2D eigenvalue weighted by Crippen LogP contribution is 2.45. The second kappa shape index (κ2) is 30.9. The number of aromatic nitrogens is 4. The van der Waals surface area contributed by atoms with E-state index in [-0.39, 0.29) is 46.1 Å². The molecule has 21 nitrogen and oxygen atoms in total. The van der Waals surface area contributed by atoms with Crippen LogP contribution in [-0.2, 0) is 50.7 Å². The van der Waals surface area contributed by atoms with Crippen molar-refractivity contribution in [1.29, 1.82) is 0 Å². The normalized spacial score (nSPS) is 21.4. The van der Waals surface area contributed by atoms with Crippen molar-refractivity contribution in [3.8, 4) is 0 Å². The highest BCUT2D eigenvalue weighted by Gasteiger charge is 2.43. The molecule has 530 valence electrons. The number of para-hydroxylation sites is 5. The van der Waals surface area contributed by atoms with E-state index in [1.807, 2.05) is 57.3 Å². The number of rotatable bonds is 10. The monoisotopic (exact) mass is 1390 g/mol. The average Bonchev–Trinajstić information content (AvgIpc) is 1.69. The van der Waals surface area contributed by atoms with Gasteiger partial charge in [-0.1, -0.05) is 91.0 Å². The number of fused-ring (bicyclic) bond motifs is 6. The summed E-state index contributed by atoms with van der Waals surface area (Å²) in [6, 6.07) is 41.8. The smallest absolute Gasteiger partial charge is 0.219 e. The Hall–Kier alpha value is -7.87. The Labute approximate surface area is 583 Å². The fourth-order valence-corrected chi connectivity index (χ4v) is 18.6. The summed E-state index contributed by atoms with van der Waals surface area (Å²) in [4.78, 5) is 53.6. The van der Waals surface area contributed by atoms with E-state index in [1.165, 1.54) is 73.1 Å². The maximum absolute atomic E-state index is 11.8. The molecule has 3 amide bonds. The molecular weight excluding hydrogens is 1290 g/mol. The number of aromatic amines is 4. The van der Waals surface area contributed by atoms with Crippen molar-refractivity contribution in [3.05, 3.63) is 174 Å². The van der Waals surface area contributed by atoms with Crippen LogP contribution in [0.3, 0.4) is 0 Å². The molecule has 0 bridgehead atoms. The molecule has 5 aromatic carbocycles. The molecule has 4 atom stereocenters. The van der Waals surface area contributed by atoms with Gasteiger partial charge in [0.15, 0.2) is 0 Å². The molecule has 10 heterocycles. The fourth-order valence-electron chi connectivity index (χ4n) is 16.6. The van der Waals surface area contributed by atoms with Crippen LogP contribution in [-0.4, -0.2) is 187 Å². The Morgan fingerprint density at radius 2 is 0.859 bits per heavy atom. The van der Waals surface area contributed by atoms with Crippen LogP contribution in [0.4, 0.5) is 5.69 Å². The molecule has 0 saturated carbocycles. The molecule has 15 rings (SSSR count). The zero-order valence-electron chi connectivity index (χ0n) is 58.1. The highest BCUT2D eigenvalue weighted by atomic mass is 32.2. The molecular formula is C76H102N14O7S2. The Morgan fingerprint density at radius 3 is 1.30 bits per heavy atom. The van der Waals surface area contributed by atoms with E-state index in [2.05, 4.69) is 129 Å². The Morgan fingerprint density at radius 1 is 0.455 bits per heavy atom. The van der Waals surface area contributed by atoms with Gasteiger partial charge in [-0.05, 0) is 134 Å². The number of amides is 3. The molecule has 6 aliphatic heterocycles. The first-order valence-electron chi connectivity index (χ1n) is 35.1. The van der Waals surface area contributed by atoms with Gasteiger partial charge in [0, 0.05) is 208 Å². The van der Waals surface area contributed by atoms with Gasteiger partial charge in [-0.15, -0.1) is 0 Å². The van der Waals surface area contributed by atoms with Gasteiger partial charge < -0.3 is 62.9 Å². The first-order valence-corrected chi connectivity index (χ1v) is 38.8. The molecule has 4 unspecified atom stereocenters. The van der Waals surface area contributed by atoms with Crippen molar-refractivity contribution < 1.29 is 31.2 Å². The van der Waals surface area contributed by atoms with E-state index in [0.29, 0.717) is 57.6 Å². The second-order valence-corrected chi connectivity index (χ2v) is 32.1. The standard InChI is InChI=1S/2C16H21N3O.2C15H21N3O2S.C14H18N2O/c1-12(20)19-8-6-16(11-17,7-9-19)14-10-18-15-5-3-2-4-13(14)15;1-11(20)19-7-6-12(8-13(19)9-17)15-10-18-16-5-3-2-4-14(15)16;1-21(19,20)18-8-6-15(11-16,7-9-18)13-10-17-14-5-3-2-4-12(13)14;1-21(19,20)18-7-6-11(8-12(18)9-16)14-10-17-15-5-3-2-4-13(14)15;1-11(17)16-8-6-14(7-9-16)10-15-13-5-3-2-4-12(13)14/h2-5,10,18H,6-9,11,17H2,1H3;2-5,10,12-13,18H,6-9,17H2,1H3;2-5,10,17H,6-9,11,16H2,1H3;2-5,10-12,17H,6-9,16H2,1H3;2-5,15H,6-10H2,1H3. The fraction of sp³-hybridized carbons (Fsp3) is 0.461. The number of likely N-dealkylation sites (tertiary alicyclic amines) is 3.